The van der Waals surface area contributed by atoms with Gasteiger partial charge in [-0.25, -0.2) is 4.39 Å². The van der Waals surface area contributed by atoms with Gasteiger partial charge in [-0.2, -0.15) is 0 Å². The molecule has 0 radical (unpaired) electrons. The van der Waals surface area contributed by atoms with E-state index in [1.54, 1.807) is 12.1 Å². The number of benzene rings is 2. The maximum atomic E-state index is 13.2. The molecule has 1 heterocycles. The van der Waals surface area contributed by atoms with E-state index in [0.717, 1.165) is 61.7 Å². The number of unbranched alkanes of at least 4 members (excludes halogenated alkanes) is 1. The van der Waals surface area contributed by atoms with Crippen molar-refractivity contribution in [2.75, 3.05) is 19.6 Å². The van der Waals surface area contributed by atoms with Crippen LogP contribution in [0.25, 0.3) is 0 Å². The lowest BCUT2D eigenvalue weighted by molar-refractivity contribution is 0.0959. The van der Waals surface area contributed by atoms with Crippen molar-refractivity contribution in [2.24, 2.45) is 0 Å². The Morgan fingerprint density at radius 1 is 1.16 bits per heavy atom. The standard InChI is InChI=1S/C21H25ClFNO/c1-21(25-20-10-8-18(22)9-11-20)12-14-24(16-21)13-3-2-5-17-6-4-7-19(23)15-17/h4,6-11,15H,2-3,5,12-14,16H2,1H3. The monoisotopic (exact) mass is 361 g/mol. The maximum absolute atomic E-state index is 13.2. The third-order valence-corrected chi connectivity index (χ3v) is 5.02. The quantitative estimate of drug-likeness (QED) is 0.617. The lowest BCUT2D eigenvalue weighted by atomic mass is 10.1. The van der Waals surface area contributed by atoms with E-state index in [1.807, 2.05) is 30.3 Å². The van der Waals surface area contributed by atoms with Gasteiger partial charge in [0.05, 0.1) is 0 Å². The van der Waals surface area contributed by atoms with Crippen LogP contribution in [0.1, 0.15) is 31.7 Å². The Morgan fingerprint density at radius 3 is 2.72 bits per heavy atom. The fraction of sp³-hybridized carbons (Fsp3) is 0.429. The SMILES string of the molecule is CC1(Oc2ccc(Cl)cc2)CCN(CCCCc2cccc(F)c2)C1. The van der Waals surface area contributed by atoms with Gasteiger partial charge in [-0.1, -0.05) is 23.7 Å². The first kappa shape index (κ1) is 18.2. The van der Waals surface area contributed by atoms with E-state index in [1.165, 1.54) is 6.07 Å². The van der Waals surface area contributed by atoms with Gasteiger partial charge in [-0.15, -0.1) is 0 Å². The van der Waals surface area contributed by atoms with Crippen molar-refractivity contribution in [3.05, 3.63) is 64.9 Å². The summed E-state index contributed by atoms with van der Waals surface area (Å²) in [5.74, 6) is 0.729. The molecule has 1 fully saturated rings. The molecule has 1 aliphatic rings. The molecule has 2 nitrogen and oxygen atoms in total. The highest BCUT2D eigenvalue weighted by molar-refractivity contribution is 6.30. The molecule has 1 atom stereocenters. The normalized spacial score (nSPS) is 20.8. The van der Waals surface area contributed by atoms with Gasteiger partial charge >= 0.3 is 0 Å². The molecular weight excluding hydrogens is 337 g/mol. The minimum Gasteiger partial charge on any atom is -0.486 e. The first-order chi connectivity index (χ1) is 12.0. The van der Waals surface area contributed by atoms with E-state index in [4.69, 9.17) is 16.3 Å². The van der Waals surface area contributed by atoms with Crippen molar-refractivity contribution in [1.29, 1.82) is 0 Å². The Labute approximate surface area is 154 Å². The Balaban J connectivity index is 1.41. The van der Waals surface area contributed by atoms with Crippen LogP contribution in [0.4, 0.5) is 4.39 Å². The van der Waals surface area contributed by atoms with Gasteiger partial charge in [-0.05, 0) is 74.7 Å². The van der Waals surface area contributed by atoms with Gasteiger partial charge in [0.1, 0.15) is 17.2 Å². The van der Waals surface area contributed by atoms with Crippen LogP contribution in [0.3, 0.4) is 0 Å². The van der Waals surface area contributed by atoms with Crippen LogP contribution >= 0.6 is 11.6 Å². The van der Waals surface area contributed by atoms with E-state index >= 15 is 0 Å². The number of ether oxygens (including phenoxy) is 1. The summed E-state index contributed by atoms with van der Waals surface area (Å²) in [5, 5.41) is 0.726. The van der Waals surface area contributed by atoms with Crippen LogP contribution in [-0.2, 0) is 6.42 Å². The van der Waals surface area contributed by atoms with Crippen LogP contribution < -0.4 is 4.74 Å². The van der Waals surface area contributed by atoms with Crippen molar-refractivity contribution in [3.63, 3.8) is 0 Å². The Hall–Kier alpha value is -1.58. The third-order valence-electron chi connectivity index (χ3n) is 4.77. The number of rotatable bonds is 7. The van der Waals surface area contributed by atoms with Crippen LogP contribution in [0.2, 0.25) is 5.02 Å². The molecular formula is C21H25ClFNO. The van der Waals surface area contributed by atoms with Crippen LogP contribution in [0.5, 0.6) is 5.75 Å². The number of likely N-dealkylation sites (tertiary alicyclic amines) is 1. The molecule has 0 N–H and O–H groups in total. The maximum Gasteiger partial charge on any atom is 0.123 e. The molecule has 0 amide bonds. The Kier molecular flexibility index (Phi) is 5.98. The summed E-state index contributed by atoms with van der Waals surface area (Å²) < 4.78 is 19.4. The van der Waals surface area contributed by atoms with Crippen LogP contribution in [0, 0.1) is 5.82 Å². The molecule has 0 spiro atoms. The predicted molar refractivity (Wildman–Crippen MR) is 101 cm³/mol. The predicted octanol–water partition coefficient (Wildman–Crippen LogP) is 5.35. The molecule has 2 aromatic rings. The zero-order valence-corrected chi connectivity index (χ0v) is 15.4. The second-order valence-corrected chi connectivity index (χ2v) is 7.56. The van der Waals surface area contributed by atoms with Gasteiger partial charge < -0.3 is 4.74 Å². The fourth-order valence-corrected chi connectivity index (χ4v) is 3.57. The summed E-state index contributed by atoms with van der Waals surface area (Å²) in [6.45, 7) is 5.24. The summed E-state index contributed by atoms with van der Waals surface area (Å²) in [4.78, 5) is 2.46. The van der Waals surface area contributed by atoms with Crippen molar-refractivity contribution in [1.82, 2.24) is 4.90 Å². The van der Waals surface area contributed by atoms with Crippen LogP contribution in [-0.4, -0.2) is 30.1 Å². The molecule has 0 aromatic heterocycles. The summed E-state index contributed by atoms with van der Waals surface area (Å²) in [5.41, 5.74) is 0.938. The van der Waals surface area contributed by atoms with Gasteiger partial charge in [0.2, 0.25) is 0 Å². The lowest BCUT2D eigenvalue weighted by Crippen LogP contribution is -2.36. The molecule has 2 aromatic carbocycles. The number of aryl methyl sites for hydroxylation is 1. The lowest BCUT2D eigenvalue weighted by Gasteiger charge is -2.26. The first-order valence-electron chi connectivity index (χ1n) is 8.94. The van der Waals surface area contributed by atoms with Gasteiger partial charge in [-0.3, -0.25) is 4.90 Å². The highest BCUT2D eigenvalue weighted by atomic mass is 35.5. The summed E-state index contributed by atoms with van der Waals surface area (Å²) in [6.07, 6.45) is 4.16. The molecule has 3 rings (SSSR count). The van der Waals surface area contributed by atoms with Gasteiger partial charge in [0.15, 0.2) is 0 Å². The molecule has 1 unspecified atom stereocenters. The van der Waals surface area contributed by atoms with E-state index in [9.17, 15) is 4.39 Å². The number of hydrogen-bond donors (Lipinski definition) is 0. The minimum atomic E-state index is -0.146. The average molecular weight is 362 g/mol. The van der Waals surface area contributed by atoms with Crippen molar-refractivity contribution < 1.29 is 9.13 Å². The summed E-state index contributed by atoms with van der Waals surface area (Å²) in [6, 6.07) is 14.5. The molecule has 25 heavy (non-hydrogen) atoms. The van der Waals surface area contributed by atoms with E-state index < -0.39 is 0 Å². The molecule has 0 aliphatic carbocycles. The molecule has 0 bridgehead atoms. The molecule has 1 aliphatic heterocycles. The largest absolute Gasteiger partial charge is 0.486 e. The van der Waals surface area contributed by atoms with Crippen molar-refractivity contribution in [2.45, 2.75) is 38.2 Å². The Morgan fingerprint density at radius 2 is 1.96 bits per heavy atom. The van der Waals surface area contributed by atoms with Gasteiger partial charge in [0, 0.05) is 24.5 Å². The number of hydrogen-bond acceptors (Lipinski definition) is 2. The summed E-state index contributed by atoms with van der Waals surface area (Å²) in [7, 11) is 0. The average Bonchev–Trinajstić information content (AvgIpc) is 2.95. The number of nitrogens with zero attached hydrogens (tertiary/aromatic N) is 1. The van der Waals surface area contributed by atoms with Crippen molar-refractivity contribution in [3.8, 4) is 5.75 Å². The number of halogens is 2. The topological polar surface area (TPSA) is 12.5 Å². The highest BCUT2D eigenvalue weighted by Crippen LogP contribution is 2.28. The molecule has 1 saturated heterocycles. The molecule has 0 saturated carbocycles. The highest BCUT2D eigenvalue weighted by Gasteiger charge is 2.35. The second kappa shape index (κ2) is 8.20. The zero-order chi connectivity index (χ0) is 17.7. The van der Waals surface area contributed by atoms with Crippen molar-refractivity contribution >= 4 is 11.6 Å². The minimum absolute atomic E-state index is 0.142. The van der Waals surface area contributed by atoms with E-state index in [2.05, 4.69) is 11.8 Å². The molecule has 4 heteroatoms. The van der Waals surface area contributed by atoms with E-state index in [-0.39, 0.29) is 11.4 Å². The first-order valence-corrected chi connectivity index (χ1v) is 9.32. The third kappa shape index (κ3) is 5.45. The second-order valence-electron chi connectivity index (χ2n) is 7.12. The van der Waals surface area contributed by atoms with Crippen LogP contribution in [0.15, 0.2) is 48.5 Å². The molecule has 134 valence electrons. The smallest absolute Gasteiger partial charge is 0.123 e. The fourth-order valence-electron chi connectivity index (χ4n) is 3.44. The van der Waals surface area contributed by atoms with Gasteiger partial charge in [0.25, 0.3) is 0 Å². The zero-order valence-electron chi connectivity index (χ0n) is 14.7. The Bertz CT molecular complexity index is 691. The summed E-state index contributed by atoms with van der Waals surface area (Å²) >= 11 is 5.93. The van der Waals surface area contributed by atoms with E-state index in [0.29, 0.717) is 0 Å².